The number of hydrogen-bond acceptors (Lipinski definition) is 4. The number of carboxylic acid groups (broad SMARTS) is 1. The highest BCUT2D eigenvalue weighted by Crippen LogP contribution is 2.22. The Bertz CT molecular complexity index is 549. The van der Waals surface area contributed by atoms with Gasteiger partial charge in [-0.1, -0.05) is 12.1 Å². The van der Waals surface area contributed by atoms with Crippen molar-refractivity contribution in [2.75, 3.05) is 11.9 Å². The molecule has 0 aliphatic carbocycles. The molecule has 0 aliphatic heterocycles. The molecule has 17 heavy (non-hydrogen) atoms. The van der Waals surface area contributed by atoms with E-state index in [-0.39, 0.29) is 6.42 Å². The van der Waals surface area contributed by atoms with Crippen LogP contribution in [-0.2, 0) is 4.79 Å². The normalized spacial score (nSPS) is 10.4. The van der Waals surface area contributed by atoms with Crippen molar-refractivity contribution in [3.05, 3.63) is 30.1 Å². The summed E-state index contributed by atoms with van der Waals surface area (Å²) in [6, 6.07) is 5.83. The second-order valence-electron chi connectivity index (χ2n) is 3.76. The zero-order valence-corrected chi connectivity index (χ0v) is 9.47. The number of fused-ring (bicyclic) bond motifs is 1. The highest BCUT2D eigenvalue weighted by atomic mass is 16.4. The molecule has 0 saturated heterocycles. The first-order valence-electron chi connectivity index (χ1n) is 5.34. The van der Waals surface area contributed by atoms with Gasteiger partial charge in [-0.2, -0.15) is 0 Å². The van der Waals surface area contributed by atoms with E-state index in [1.54, 1.807) is 0 Å². The lowest BCUT2D eigenvalue weighted by Gasteiger charge is -2.08. The second-order valence-corrected chi connectivity index (χ2v) is 3.76. The molecule has 0 fully saturated rings. The lowest BCUT2D eigenvalue weighted by molar-refractivity contribution is -0.136. The van der Waals surface area contributed by atoms with Gasteiger partial charge in [0.1, 0.15) is 12.1 Å². The van der Waals surface area contributed by atoms with E-state index in [9.17, 15) is 4.79 Å². The van der Waals surface area contributed by atoms with Crippen LogP contribution in [0.25, 0.3) is 10.9 Å². The van der Waals surface area contributed by atoms with Crippen molar-refractivity contribution in [2.45, 2.75) is 13.3 Å². The molecule has 0 saturated carbocycles. The number of carboxylic acids is 1. The maximum Gasteiger partial charge on any atom is 0.305 e. The predicted octanol–water partition coefficient (Wildman–Crippen LogP) is 1.82. The number of nitrogens with zero attached hydrogens (tertiary/aromatic N) is 2. The summed E-state index contributed by atoms with van der Waals surface area (Å²) in [7, 11) is 0. The summed E-state index contributed by atoms with van der Waals surface area (Å²) in [5.41, 5.74) is 1.93. The van der Waals surface area contributed by atoms with Crippen LogP contribution in [0.1, 0.15) is 12.0 Å². The third-order valence-electron chi connectivity index (χ3n) is 2.50. The highest BCUT2D eigenvalue weighted by Gasteiger charge is 2.06. The van der Waals surface area contributed by atoms with Crippen molar-refractivity contribution in [1.29, 1.82) is 0 Å². The summed E-state index contributed by atoms with van der Waals surface area (Å²) >= 11 is 0. The Kier molecular flexibility index (Phi) is 3.18. The molecule has 0 unspecified atom stereocenters. The van der Waals surface area contributed by atoms with Gasteiger partial charge >= 0.3 is 5.97 Å². The average molecular weight is 231 g/mol. The highest BCUT2D eigenvalue weighted by molar-refractivity contribution is 5.91. The first-order chi connectivity index (χ1) is 8.18. The van der Waals surface area contributed by atoms with Crippen LogP contribution in [0.3, 0.4) is 0 Å². The summed E-state index contributed by atoms with van der Waals surface area (Å²) in [5.74, 6) is -0.137. The first-order valence-corrected chi connectivity index (χ1v) is 5.34. The summed E-state index contributed by atoms with van der Waals surface area (Å²) in [5, 5.41) is 12.6. The minimum Gasteiger partial charge on any atom is -0.481 e. The van der Waals surface area contributed by atoms with Gasteiger partial charge in [-0.3, -0.25) is 4.79 Å². The number of anilines is 1. The predicted molar refractivity (Wildman–Crippen MR) is 65.0 cm³/mol. The van der Waals surface area contributed by atoms with E-state index in [0.29, 0.717) is 12.4 Å². The molecule has 1 heterocycles. The van der Waals surface area contributed by atoms with Crippen LogP contribution < -0.4 is 5.32 Å². The molecule has 1 aromatic carbocycles. The Morgan fingerprint density at radius 3 is 3.00 bits per heavy atom. The Hall–Kier alpha value is -2.17. The summed E-state index contributed by atoms with van der Waals surface area (Å²) in [4.78, 5) is 18.8. The van der Waals surface area contributed by atoms with Crippen LogP contribution >= 0.6 is 0 Å². The SMILES string of the molecule is Cc1cccc2ncnc(NCCC(=O)O)c12. The number of carbonyl (C=O) groups is 1. The quantitative estimate of drug-likeness (QED) is 0.839. The molecule has 2 N–H and O–H groups in total. The Morgan fingerprint density at radius 1 is 1.41 bits per heavy atom. The van der Waals surface area contributed by atoms with E-state index in [1.165, 1.54) is 6.33 Å². The van der Waals surface area contributed by atoms with Gasteiger partial charge in [-0.15, -0.1) is 0 Å². The van der Waals surface area contributed by atoms with Gasteiger partial charge in [-0.25, -0.2) is 9.97 Å². The van der Waals surface area contributed by atoms with E-state index in [4.69, 9.17) is 5.11 Å². The largest absolute Gasteiger partial charge is 0.481 e. The van der Waals surface area contributed by atoms with Crippen LogP contribution in [-0.4, -0.2) is 27.6 Å². The van der Waals surface area contributed by atoms with Gasteiger partial charge in [0.2, 0.25) is 0 Å². The monoisotopic (exact) mass is 231 g/mol. The first kappa shape index (κ1) is 11.3. The van der Waals surface area contributed by atoms with E-state index < -0.39 is 5.97 Å². The fourth-order valence-corrected chi connectivity index (χ4v) is 1.70. The number of benzene rings is 1. The van der Waals surface area contributed by atoms with Crippen molar-refractivity contribution >= 4 is 22.7 Å². The van der Waals surface area contributed by atoms with Crippen LogP contribution in [0.5, 0.6) is 0 Å². The molecule has 0 spiro atoms. The fourth-order valence-electron chi connectivity index (χ4n) is 1.70. The molecular weight excluding hydrogens is 218 g/mol. The lowest BCUT2D eigenvalue weighted by Crippen LogP contribution is -2.09. The van der Waals surface area contributed by atoms with Crippen molar-refractivity contribution in [2.24, 2.45) is 0 Å². The Morgan fingerprint density at radius 2 is 2.24 bits per heavy atom. The minimum absolute atomic E-state index is 0.0668. The average Bonchev–Trinajstić information content (AvgIpc) is 2.29. The van der Waals surface area contributed by atoms with E-state index in [1.807, 2.05) is 25.1 Å². The maximum absolute atomic E-state index is 10.4. The number of aliphatic carboxylic acids is 1. The number of hydrogen-bond donors (Lipinski definition) is 2. The van der Waals surface area contributed by atoms with Gasteiger partial charge in [0.25, 0.3) is 0 Å². The molecule has 0 aliphatic rings. The molecule has 5 nitrogen and oxygen atoms in total. The minimum atomic E-state index is -0.826. The maximum atomic E-state index is 10.4. The number of nitrogens with one attached hydrogen (secondary N) is 1. The van der Waals surface area contributed by atoms with E-state index >= 15 is 0 Å². The Labute approximate surface area is 98.5 Å². The standard InChI is InChI=1S/C12H13N3O2/c1-8-3-2-4-9-11(8)12(15-7-14-9)13-6-5-10(16)17/h2-4,7H,5-6H2,1H3,(H,16,17)(H,13,14,15). The zero-order chi connectivity index (χ0) is 12.3. The van der Waals surface area contributed by atoms with Gasteiger partial charge in [0.15, 0.2) is 0 Å². The second kappa shape index (κ2) is 4.78. The number of aryl methyl sites for hydroxylation is 1. The molecule has 0 amide bonds. The van der Waals surface area contributed by atoms with Crippen LogP contribution in [0.2, 0.25) is 0 Å². The fraction of sp³-hybridized carbons (Fsp3) is 0.250. The summed E-state index contributed by atoms with van der Waals surface area (Å²) < 4.78 is 0. The molecule has 0 radical (unpaired) electrons. The topological polar surface area (TPSA) is 75.1 Å². The van der Waals surface area contributed by atoms with Gasteiger partial charge in [0.05, 0.1) is 11.9 Å². The molecule has 1 aromatic heterocycles. The Balaban J connectivity index is 2.30. The molecular formula is C12H13N3O2. The summed E-state index contributed by atoms with van der Waals surface area (Å²) in [6.45, 7) is 2.34. The smallest absolute Gasteiger partial charge is 0.305 e. The van der Waals surface area contributed by atoms with Gasteiger partial charge < -0.3 is 10.4 Å². The van der Waals surface area contributed by atoms with Crippen molar-refractivity contribution in [3.8, 4) is 0 Å². The van der Waals surface area contributed by atoms with Crippen LogP contribution in [0.15, 0.2) is 24.5 Å². The third-order valence-corrected chi connectivity index (χ3v) is 2.50. The molecule has 2 rings (SSSR count). The van der Waals surface area contributed by atoms with Crippen molar-refractivity contribution < 1.29 is 9.90 Å². The third kappa shape index (κ3) is 2.50. The number of rotatable bonds is 4. The van der Waals surface area contributed by atoms with Crippen LogP contribution in [0, 0.1) is 6.92 Å². The van der Waals surface area contributed by atoms with Gasteiger partial charge in [0, 0.05) is 11.9 Å². The molecule has 5 heteroatoms. The van der Waals surface area contributed by atoms with E-state index in [0.717, 1.165) is 16.5 Å². The summed E-state index contributed by atoms with van der Waals surface area (Å²) in [6.07, 6.45) is 1.54. The molecule has 0 atom stereocenters. The van der Waals surface area contributed by atoms with Crippen LogP contribution in [0.4, 0.5) is 5.82 Å². The molecule has 2 aromatic rings. The van der Waals surface area contributed by atoms with E-state index in [2.05, 4.69) is 15.3 Å². The lowest BCUT2D eigenvalue weighted by atomic mass is 10.1. The number of aromatic nitrogens is 2. The molecule has 0 bridgehead atoms. The van der Waals surface area contributed by atoms with Gasteiger partial charge in [-0.05, 0) is 18.6 Å². The zero-order valence-electron chi connectivity index (χ0n) is 9.47. The van der Waals surface area contributed by atoms with Crippen molar-refractivity contribution in [3.63, 3.8) is 0 Å². The molecule has 88 valence electrons. The van der Waals surface area contributed by atoms with Crippen molar-refractivity contribution in [1.82, 2.24) is 9.97 Å².